The van der Waals surface area contributed by atoms with Gasteiger partial charge in [-0.05, 0) is 25.3 Å². The predicted molar refractivity (Wildman–Crippen MR) is 92.2 cm³/mol. The predicted octanol–water partition coefficient (Wildman–Crippen LogP) is 2.11. The second-order valence-corrected chi connectivity index (χ2v) is 6.12. The van der Waals surface area contributed by atoms with Crippen LogP contribution in [0.3, 0.4) is 0 Å². The maximum Gasteiger partial charge on any atom is 0.274 e. The Morgan fingerprint density at radius 1 is 1.38 bits per heavy atom. The van der Waals surface area contributed by atoms with Crippen molar-refractivity contribution in [2.45, 2.75) is 45.3 Å². The van der Waals surface area contributed by atoms with E-state index in [2.05, 4.69) is 17.3 Å². The van der Waals surface area contributed by atoms with Gasteiger partial charge in [0.2, 0.25) is 0 Å². The summed E-state index contributed by atoms with van der Waals surface area (Å²) in [6.45, 7) is 3.81. The van der Waals surface area contributed by atoms with Gasteiger partial charge in [-0.3, -0.25) is 9.59 Å². The van der Waals surface area contributed by atoms with Crippen LogP contribution < -0.4 is 10.9 Å². The third-order valence-corrected chi connectivity index (χ3v) is 4.32. The highest BCUT2D eigenvalue weighted by Gasteiger charge is 2.20. The van der Waals surface area contributed by atoms with Crippen LogP contribution in [0.5, 0.6) is 0 Å². The minimum Gasteiger partial charge on any atom is -0.376 e. The molecule has 24 heavy (non-hydrogen) atoms. The summed E-state index contributed by atoms with van der Waals surface area (Å²) in [4.78, 5) is 25.1. The zero-order valence-electron chi connectivity index (χ0n) is 14.0. The van der Waals surface area contributed by atoms with E-state index in [9.17, 15) is 9.59 Å². The van der Waals surface area contributed by atoms with Gasteiger partial charge in [-0.2, -0.15) is 5.10 Å². The van der Waals surface area contributed by atoms with Crippen molar-refractivity contribution >= 4 is 16.7 Å². The number of rotatable bonds is 6. The number of hydrogen-bond acceptors (Lipinski definition) is 4. The molecule has 1 aliphatic heterocycles. The van der Waals surface area contributed by atoms with Gasteiger partial charge in [0.15, 0.2) is 5.69 Å². The zero-order chi connectivity index (χ0) is 16.9. The van der Waals surface area contributed by atoms with E-state index in [0.717, 1.165) is 32.3 Å². The minimum atomic E-state index is -0.257. The summed E-state index contributed by atoms with van der Waals surface area (Å²) in [6, 6.07) is 7.15. The number of ether oxygens (including phenoxy) is 1. The second-order valence-electron chi connectivity index (χ2n) is 6.12. The van der Waals surface area contributed by atoms with E-state index in [1.807, 2.05) is 12.1 Å². The molecule has 1 saturated heterocycles. The Labute approximate surface area is 140 Å². The molecule has 0 spiro atoms. The number of nitrogens with one attached hydrogen (secondary N) is 1. The summed E-state index contributed by atoms with van der Waals surface area (Å²) in [5.41, 5.74) is 0.161. The highest BCUT2D eigenvalue weighted by Crippen LogP contribution is 2.14. The molecule has 6 heteroatoms. The molecule has 1 atom stereocenters. The number of aryl methyl sites for hydroxylation is 1. The van der Waals surface area contributed by atoms with Crippen LogP contribution in [0, 0.1) is 0 Å². The van der Waals surface area contributed by atoms with Gasteiger partial charge < -0.3 is 10.1 Å². The van der Waals surface area contributed by atoms with Crippen LogP contribution in [-0.4, -0.2) is 34.9 Å². The van der Waals surface area contributed by atoms with Gasteiger partial charge in [0.1, 0.15) is 0 Å². The molecule has 0 aliphatic carbocycles. The van der Waals surface area contributed by atoms with Crippen molar-refractivity contribution in [1.82, 2.24) is 15.1 Å². The van der Waals surface area contributed by atoms with Gasteiger partial charge in [-0.15, -0.1) is 0 Å². The second kappa shape index (κ2) is 7.57. The van der Waals surface area contributed by atoms with E-state index < -0.39 is 0 Å². The molecule has 6 nitrogen and oxygen atoms in total. The Bertz CT molecular complexity index is 779. The summed E-state index contributed by atoms with van der Waals surface area (Å²) in [6.07, 6.45) is 3.88. The molecule has 1 aromatic carbocycles. The van der Waals surface area contributed by atoms with Crippen LogP contribution in [-0.2, 0) is 11.3 Å². The number of carbonyl (C=O) groups excluding carboxylic acids is 1. The fraction of sp³-hybridized carbons (Fsp3) is 0.500. The molecule has 1 amide bonds. The van der Waals surface area contributed by atoms with Crippen LogP contribution in [0.2, 0.25) is 0 Å². The molecule has 3 rings (SSSR count). The number of amides is 1. The smallest absolute Gasteiger partial charge is 0.274 e. The van der Waals surface area contributed by atoms with E-state index in [1.165, 1.54) is 4.68 Å². The first-order valence-electron chi connectivity index (χ1n) is 8.60. The van der Waals surface area contributed by atoms with Gasteiger partial charge in [0.05, 0.1) is 11.5 Å². The molecule has 0 radical (unpaired) electrons. The van der Waals surface area contributed by atoms with E-state index in [0.29, 0.717) is 29.6 Å². The van der Waals surface area contributed by atoms with Crippen LogP contribution in [0.4, 0.5) is 0 Å². The van der Waals surface area contributed by atoms with Gasteiger partial charge in [0.25, 0.3) is 11.5 Å². The van der Waals surface area contributed by atoms with Crippen molar-refractivity contribution < 1.29 is 9.53 Å². The third-order valence-electron chi connectivity index (χ3n) is 4.32. The number of carbonyl (C=O) groups is 1. The average Bonchev–Trinajstić information content (AvgIpc) is 3.13. The van der Waals surface area contributed by atoms with Crippen LogP contribution in [0.15, 0.2) is 29.1 Å². The number of benzene rings is 1. The molecular formula is C18H23N3O3. The third kappa shape index (κ3) is 3.48. The number of fused-ring (bicyclic) bond motifs is 1. The standard InChI is InChI=1S/C18H23N3O3/c1-2-3-10-21-18(23)15-9-5-4-8-14(15)16(20-21)17(22)19-12-13-7-6-11-24-13/h4-5,8-9,13H,2-3,6-7,10-12H2,1H3,(H,19,22)/t13-/m1/s1. The minimum absolute atomic E-state index is 0.0752. The molecule has 1 N–H and O–H groups in total. The van der Waals surface area contributed by atoms with Crippen molar-refractivity contribution in [3.05, 3.63) is 40.3 Å². The van der Waals surface area contributed by atoms with Crippen LogP contribution in [0.1, 0.15) is 43.1 Å². The monoisotopic (exact) mass is 329 g/mol. The van der Waals surface area contributed by atoms with Gasteiger partial charge >= 0.3 is 0 Å². The van der Waals surface area contributed by atoms with E-state index in [4.69, 9.17) is 4.74 Å². The summed E-state index contributed by atoms with van der Waals surface area (Å²) < 4.78 is 6.94. The SMILES string of the molecule is CCCCn1nc(C(=O)NC[C@H]2CCCO2)c2ccccc2c1=O. The molecule has 1 aliphatic rings. The first-order chi connectivity index (χ1) is 11.7. The van der Waals surface area contributed by atoms with Crippen LogP contribution in [0.25, 0.3) is 10.8 Å². The summed E-state index contributed by atoms with van der Waals surface area (Å²) >= 11 is 0. The first kappa shape index (κ1) is 16.6. The summed E-state index contributed by atoms with van der Waals surface area (Å²) in [5, 5.41) is 8.36. The fourth-order valence-corrected chi connectivity index (χ4v) is 2.96. The number of hydrogen-bond donors (Lipinski definition) is 1. The van der Waals surface area contributed by atoms with Crippen molar-refractivity contribution in [1.29, 1.82) is 0 Å². The van der Waals surface area contributed by atoms with Crippen molar-refractivity contribution in [2.75, 3.05) is 13.2 Å². The van der Waals surface area contributed by atoms with E-state index in [1.54, 1.807) is 12.1 Å². The maximum atomic E-state index is 12.6. The fourth-order valence-electron chi connectivity index (χ4n) is 2.96. The molecule has 128 valence electrons. The lowest BCUT2D eigenvalue weighted by Crippen LogP contribution is -2.34. The lowest BCUT2D eigenvalue weighted by atomic mass is 10.1. The molecule has 1 aromatic heterocycles. The molecular weight excluding hydrogens is 306 g/mol. The van der Waals surface area contributed by atoms with E-state index >= 15 is 0 Å². The highest BCUT2D eigenvalue weighted by molar-refractivity contribution is 6.04. The quantitative estimate of drug-likeness (QED) is 0.881. The Morgan fingerprint density at radius 2 is 2.17 bits per heavy atom. The Balaban J connectivity index is 1.91. The summed E-state index contributed by atoms with van der Waals surface area (Å²) in [7, 11) is 0. The lowest BCUT2D eigenvalue weighted by molar-refractivity contribution is 0.0853. The Morgan fingerprint density at radius 3 is 2.88 bits per heavy atom. The number of unbranched alkanes of at least 4 members (excludes halogenated alkanes) is 1. The molecule has 0 unspecified atom stereocenters. The molecule has 2 heterocycles. The first-order valence-corrected chi connectivity index (χ1v) is 8.60. The highest BCUT2D eigenvalue weighted by atomic mass is 16.5. The lowest BCUT2D eigenvalue weighted by Gasteiger charge is -2.13. The maximum absolute atomic E-state index is 12.6. The van der Waals surface area contributed by atoms with Crippen molar-refractivity contribution in [3.8, 4) is 0 Å². The normalized spacial score (nSPS) is 17.3. The van der Waals surface area contributed by atoms with E-state index in [-0.39, 0.29) is 17.6 Å². The largest absolute Gasteiger partial charge is 0.376 e. The summed E-state index contributed by atoms with van der Waals surface area (Å²) in [5.74, 6) is -0.257. The van der Waals surface area contributed by atoms with Crippen molar-refractivity contribution in [2.24, 2.45) is 0 Å². The molecule has 0 saturated carbocycles. The van der Waals surface area contributed by atoms with Gasteiger partial charge in [-0.25, -0.2) is 4.68 Å². The van der Waals surface area contributed by atoms with Crippen molar-refractivity contribution in [3.63, 3.8) is 0 Å². The topological polar surface area (TPSA) is 73.2 Å². The Kier molecular flexibility index (Phi) is 5.25. The zero-order valence-corrected chi connectivity index (χ0v) is 14.0. The molecule has 2 aromatic rings. The van der Waals surface area contributed by atoms with Crippen LogP contribution >= 0.6 is 0 Å². The Hall–Kier alpha value is -2.21. The number of nitrogens with zero attached hydrogens (tertiary/aromatic N) is 2. The van der Waals surface area contributed by atoms with Gasteiger partial charge in [0, 0.05) is 25.1 Å². The molecule has 1 fully saturated rings. The van der Waals surface area contributed by atoms with Gasteiger partial charge in [-0.1, -0.05) is 31.5 Å². The average molecular weight is 329 g/mol. The molecule has 0 bridgehead atoms. The number of aromatic nitrogens is 2.